The predicted molar refractivity (Wildman–Crippen MR) is 114 cm³/mol. The van der Waals surface area contributed by atoms with Crippen LogP contribution in [0.3, 0.4) is 0 Å². The van der Waals surface area contributed by atoms with Crippen molar-refractivity contribution >= 4 is 23.1 Å². The van der Waals surface area contributed by atoms with Crippen molar-refractivity contribution in [1.82, 2.24) is 0 Å². The number of aryl methyl sites for hydroxylation is 1. The first kappa shape index (κ1) is 15.6. The Morgan fingerprint density at radius 1 is 0.607 bits per heavy atom. The Kier molecular flexibility index (Phi) is 3.21. The van der Waals surface area contributed by atoms with Gasteiger partial charge in [-0.3, -0.25) is 0 Å². The van der Waals surface area contributed by atoms with Crippen LogP contribution >= 0.6 is 0 Å². The molecule has 0 aliphatic carbocycles. The Morgan fingerprint density at radius 2 is 1.29 bits per heavy atom. The van der Waals surface area contributed by atoms with E-state index in [-0.39, 0.29) is 6.71 Å². The summed E-state index contributed by atoms with van der Waals surface area (Å²) in [6, 6.07) is 29.4. The molecule has 4 aromatic carbocycles. The molecular formula is C25H17BO2. The average molecular weight is 360 g/mol. The summed E-state index contributed by atoms with van der Waals surface area (Å²) in [5, 5.41) is 0. The van der Waals surface area contributed by atoms with Gasteiger partial charge in [-0.25, -0.2) is 0 Å². The van der Waals surface area contributed by atoms with E-state index in [9.17, 15) is 0 Å². The van der Waals surface area contributed by atoms with Crippen molar-refractivity contribution in [3.63, 3.8) is 0 Å². The molecule has 0 radical (unpaired) electrons. The van der Waals surface area contributed by atoms with Gasteiger partial charge in [0.15, 0.2) is 0 Å². The second kappa shape index (κ2) is 5.77. The molecule has 2 heterocycles. The normalized spacial score (nSPS) is 13.0. The summed E-state index contributed by atoms with van der Waals surface area (Å²) in [5.74, 6) is 3.61. The minimum atomic E-state index is 0.130. The highest BCUT2D eigenvalue weighted by molar-refractivity contribution is 6.98. The van der Waals surface area contributed by atoms with Crippen molar-refractivity contribution in [2.24, 2.45) is 0 Å². The molecule has 0 spiro atoms. The predicted octanol–water partition coefficient (Wildman–Crippen LogP) is 4.39. The van der Waals surface area contributed by atoms with E-state index in [1.54, 1.807) is 0 Å². The molecule has 0 amide bonds. The zero-order chi connectivity index (χ0) is 18.7. The lowest BCUT2D eigenvalue weighted by atomic mass is 9.35. The van der Waals surface area contributed by atoms with Crippen LogP contribution in [0, 0.1) is 6.92 Å². The molecule has 3 heteroatoms. The summed E-state index contributed by atoms with van der Waals surface area (Å²) in [6.45, 7) is 2.28. The van der Waals surface area contributed by atoms with E-state index in [0.29, 0.717) is 0 Å². The van der Waals surface area contributed by atoms with Gasteiger partial charge in [0.1, 0.15) is 23.0 Å². The van der Waals surface area contributed by atoms with Crippen molar-refractivity contribution in [3.05, 3.63) is 90.5 Å². The maximum absolute atomic E-state index is 6.36. The first-order valence-electron chi connectivity index (χ1n) is 9.57. The van der Waals surface area contributed by atoms with Gasteiger partial charge in [-0.2, -0.15) is 0 Å². The van der Waals surface area contributed by atoms with Crippen LogP contribution in [-0.4, -0.2) is 6.71 Å². The summed E-state index contributed by atoms with van der Waals surface area (Å²) in [6.07, 6.45) is 0. The fourth-order valence-corrected chi connectivity index (χ4v) is 4.44. The monoisotopic (exact) mass is 360 g/mol. The van der Waals surface area contributed by atoms with E-state index in [4.69, 9.17) is 9.47 Å². The number of benzene rings is 4. The highest BCUT2D eigenvalue weighted by Gasteiger charge is 2.39. The van der Waals surface area contributed by atoms with Gasteiger partial charge in [0.25, 0.3) is 6.71 Å². The minimum absolute atomic E-state index is 0.130. The molecule has 0 aromatic heterocycles. The van der Waals surface area contributed by atoms with Crippen LogP contribution < -0.4 is 25.9 Å². The van der Waals surface area contributed by atoms with Crippen LogP contribution in [-0.2, 0) is 0 Å². The molecule has 0 N–H and O–H groups in total. The van der Waals surface area contributed by atoms with E-state index in [2.05, 4.69) is 61.5 Å². The quantitative estimate of drug-likeness (QED) is 0.405. The second-order valence-electron chi connectivity index (χ2n) is 7.41. The molecule has 0 unspecified atom stereocenters. The minimum Gasteiger partial charge on any atom is -0.458 e. The summed E-state index contributed by atoms with van der Waals surface area (Å²) < 4.78 is 12.5. The first-order valence-corrected chi connectivity index (χ1v) is 9.57. The number of fused-ring (bicyclic) bond motifs is 4. The Hall–Kier alpha value is -3.46. The van der Waals surface area contributed by atoms with Gasteiger partial charge < -0.3 is 9.47 Å². The average Bonchev–Trinajstić information content (AvgIpc) is 2.73. The van der Waals surface area contributed by atoms with E-state index in [0.717, 1.165) is 28.5 Å². The molecule has 2 aliphatic heterocycles. The number of rotatable bonds is 1. The molecule has 4 aromatic rings. The van der Waals surface area contributed by atoms with Gasteiger partial charge in [0.05, 0.1) is 0 Å². The molecule has 6 rings (SSSR count). The molecule has 28 heavy (non-hydrogen) atoms. The van der Waals surface area contributed by atoms with Gasteiger partial charge in [-0.05, 0) is 58.8 Å². The fourth-order valence-electron chi connectivity index (χ4n) is 4.44. The largest absolute Gasteiger partial charge is 0.458 e. The topological polar surface area (TPSA) is 18.5 Å². The van der Waals surface area contributed by atoms with Crippen LogP contribution in [0.2, 0.25) is 0 Å². The summed E-state index contributed by atoms with van der Waals surface area (Å²) >= 11 is 0. The van der Waals surface area contributed by atoms with E-state index in [1.165, 1.54) is 27.6 Å². The summed E-state index contributed by atoms with van der Waals surface area (Å²) in [5.41, 5.74) is 7.18. The van der Waals surface area contributed by atoms with Crippen molar-refractivity contribution in [2.45, 2.75) is 6.92 Å². The molecular weight excluding hydrogens is 343 g/mol. The lowest BCUT2D eigenvalue weighted by Crippen LogP contribution is -2.57. The van der Waals surface area contributed by atoms with Crippen LogP contribution in [0.4, 0.5) is 0 Å². The third-order valence-corrected chi connectivity index (χ3v) is 5.77. The zero-order valence-electron chi connectivity index (χ0n) is 15.5. The van der Waals surface area contributed by atoms with Gasteiger partial charge in [0.2, 0.25) is 0 Å². The second-order valence-corrected chi connectivity index (χ2v) is 7.41. The van der Waals surface area contributed by atoms with E-state index < -0.39 is 0 Å². The molecule has 0 fully saturated rings. The smallest absolute Gasteiger partial charge is 0.260 e. The number of ether oxygens (including phenoxy) is 2. The van der Waals surface area contributed by atoms with Gasteiger partial charge >= 0.3 is 0 Å². The number of hydrogen-bond acceptors (Lipinski definition) is 2. The van der Waals surface area contributed by atoms with Crippen LogP contribution in [0.1, 0.15) is 5.56 Å². The number of hydrogen-bond donors (Lipinski definition) is 0. The Balaban J connectivity index is 1.58. The zero-order valence-corrected chi connectivity index (χ0v) is 15.5. The highest BCUT2D eigenvalue weighted by atomic mass is 16.5. The van der Waals surface area contributed by atoms with Crippen molar-refractivity contribution in [3.8, 4) is 34.1 Å². The van der Waals surface area contributed by atoms with Crippen LogP contribution in [0.15, 0.2) is 84.9 Å². The lowest BCUT2D eigenvalue weighted by Gasteiger charge is -2.32. The first-order chi connectivity index (χ1) is 13.8. The molecule has 2 aliphatic rings. The van der Waals surface area contributed by atoms with E-state index >= 15 is 0 Å². The molecule has 132 valence electrons. The summed E-state index contributed by atoms with van der Waals surface area (Å²) in [7, 11) is 0. The molecule has 0 atom stereocenters. The van der Waals surface area contributed by atoms with Crippen molar-refractivity contribution in [1.29, 1.82) is 0 Å². The van der Waals surface area contributed by atoms with Crippen LogP contribution in [0.25, 0.3) is 11.1 Å². The Bertz CT molecular complexity index is 1250. The molecule has 2 nitrogen and oxygen atoms in total. The maximum Gasteiger partial charge on any atom is 0.260 e. The molecule has 0 saturated carbocycles. The van der Waals surface area contributed by atoms with E-state index in [1.807, 2.05) is 30.3 Å². The van der Waals surface area contributed by atoms with Crippen molar-refractivity contribution in [2.75, 3.05) is 0 Å². The maximum atomic E-state index is 6.36. The number of para-hydroxylation sites is 1. The van der Waals surface area contributed by atoms with Gasteiger partial charge in [-0.15, -0.1) is 0 Å². The van der Waals surface area contributed by atoms with Crippen molar-refractivity contribution < 1.29 is 9.47 Å². The SMILES string of the molecule is Cc1ccccc1-c1ccc2c(c1)Oc1cccc3c1B2c1ccccc1O3. The summed E-state index contributed by atoms with van der Waals surface area (Å²) in [4.78, 5) is 0. The van der Waals surface area contributed by atoms with Gasteiger partial charge in [0, 0.05) is 5.46 Å². The third kappa shape index (κ3) is 2.16. The highest BCUT2D eigenvalue weighted by Crippen LogP contribution is 2.35. The molecule has 0 bridgehead atoms. The lowest BCUT2D eigenvalue weighted by molar-refractivity contribution is 0.464. The standard InChI is InChI=1S/C25H17BO2/c1-16-7-2-3-8-18(16)17-13-14-20-24(15-17)28-23-12-6-11-22-25(23)26(20)19-9-4-5-10-21(19)27-22/h2-15H,1H3. The van der Waals surface area contributed by atoms with Crippen LogP contribution in [0.5, 0.6) is 23.0 Å². The van der Waals surface area contributed by atoms with Gasteiger partial charge in [-0.1, -0.05) is 60.7 Å². The Labute approximate surface area is 164 Å². The Morgan fingerprint density at radius 3 is 2.14 bits per heavy atom. The molecule has 0 saturated heterocycles. The third-order valence-electron chi connectivity index (χ3n) is 5.77. The fraction of sp³-hybridized carbons (Fsp3) is 0.0400.